The molecule has 1 saturated heterocycles. The molecule has 0 spiro atoms. The van der Waals surface area contributed by atoms with Crippen molar-refractivity contribution in [3.63, 3.8) is 0 Å². The number of rotatable bonds is 3. The lowest BCUT2D eigenvalue weighted by atomic mass is 10.1. The van der Waals surface area contributed by atoms with Crippen LogP contribution in [0, 0.1) is 5.82 Å². The molecular weight excluding hydrogens is 314 g/mol. The lowest BCUT2D eigenvalue weighted by Gasteiger charge is -2.24. The van der Waals surface area contributed by atoms with Crippen LogP contribution in [0.4, 0.5) is 4.39 Å². The third kappa shape index (κ3) is 3.58. The van der Waals surface area contributed by atoms with Gasteiger partial charge in [-0.1, -0.05) is 23.2 Å². The van der Waals surface area contributed by atoms with E-state index in [4.69, 9.17) is 23.2 Å². The van der Waals surface area contributed by atoms with E-state index >= 15 is 0 Å². The maximum absolute atomic E-state index is 13.1. The molecule has 0 unspecified atom stereocenters. The van der Waals surface area contributed by atoms with Gasteiger partial charge in [0.25, 0.3) is 0 Å². The Hall–Kier alpha value is -0.400. The van der Waals surface area contributed by atoms with Crippen molar-refractivity contribution in [2.24, 2.45) is 0 Å². The fourth-order valence-electron chi connectivity index (χ4n) is 2.02. The maximum Gasteiger partial charge on any atom is 0.243 e. The van der Waals surface area contributed by atoms with Gasteiger partial charge in [0.15, 0.2) is 0 Å². The van der Waals surface area contributed by atoms with Crippen molar-refractivity contribution in [1.82, 2.24) is 10.0 Å². The molecule has 2 N–H and O–H groups in total. The molecule has 0 bridgehead atoms. The minimum absolute atomic E-state index is 0.212. The highest BCUT2D eigenvalue weighted by Crippen LogP contribution is 2.30. The monoisotopic (exact) mass is 326 g/mol. The van der Waals surface area contributed by atoms with Crippen molar-refractivity contribution in [2.45, 2.75) is 23.8 Å². The second kappa shape index (κ2) is 5.93. The Bertz CT molecular complexity index is 551. The van der Waals surface area contributed by atoms with Crippen LogP contribution in [0.5, 0.6) is 0 Å². The van der Waals surface area contributed by atoms with E-state index in [1.807, 2.05) is 0 Å². The van der Waals surface area contributed by atoms with Crippen LogP contribution < -0.4 is 10.0 Å². The van der Waals surface area contributed by atoms with Gasteiger partial charge in [-0.3, -0.25) is 0 Å². The molecule has 8 heteroatoms. The van der Waals surface area contributed by atoms with Gasteiger partial charge in [-0.25, -0.2) is 17.5 Å². The van der Waals surface area contributed by atoms with Crippen LogP contribution >= 0.6 is 23.2 Å². The number of nitrogens with one attached hydrogen (secondary N) is 2. The average molecular weight is 327 g/mol. The van der Waals surface area contributed by atoms with Crippen LogP contribution in [0.2, 0.25) is 10.0 Å². The highest BCUT2D eigenvalue weighted by Gasteiger charge is 2.26. The normalized spacial score (nSPS) is 20.5. The summed E-state index contributed by atoms with van der Waals surface area (Å²) >= 11 is 11.6. The van der Waals surface area contributed by atoms with Crippen molar-refractivity contribution < 1.29 is 12.8 Å². The Labute approximate surface area is 121 Å². The summed E-state index contributed by atoms with van der Waals surface area (Å²) in [6.45, 7) is 1.42. The summed E-state index contributed by atoms with van der Waals surface area (Å²) in [4.78, 5) is -0.275. The van der Waals surface area contributed by atoms with E-state index in [1.165, 1.54) is 0 Å². The van der Waals surface area contributed by atoms with E-state index in [1.54, 1.807) is 0 Å². The fourth-order valence-corrected chi connectivity index (χ4v) is 4.48. The average Bonchev–Trinajstić information content (AvgIpc) is 2.27. The van der Waals surface area contributed by atoms with Crippen molar-refractivity contribution in [1.29, 1.82) is 0 Å². The Kier molecular flexibility index (Phi) is 4.68. The van der Waals surface area contributed by atoms with Gasteiger partial charge in [0.1, 0.15) is 10.7 Å². The number of benzene rings is 1. The van der Waals surface area contributed by atoms with Crippen LogP contribution in [-0.2, 0) is 10.0 Å². The lowest BCUT2D eigenvalue weighted by molar-refractivity contribution is 0.428. The van der Waals surface area contributed by atoms with Gasteiger partial charge in [0.2, 0.25) is 10.0 Å². The molecule has 1 aliphatic heterocycles. The second-order valence-electron chi connectivity index (χ2n) is 4.36. The minimum Gasteiger partial charge on any atom is -0.315 e. The van der Waals surface area contributed by atoms with Gasteiger partial charge < -0.3 is 5.32 Å². The molecule has 0 saturated carbocycles. The van der Waals surface area contributed by atoms with E-state index in [0.29, 0.717) is 6.54 Å². The molecule has 0 radical (unpaired) electrons. The van der Waals surface area contributed by atoms with Gasteiger partial charge >= 0.3 is 0 Å². The molecule has 1 aromatic rings. The fraction of sp³-hybridized carbons (Fsp3) is 0.455. The van der Waals surface area contributed by atoms with Crippen molar-refractivity contribution >= 4 is 33.2 Å². The maximum atomic E-state index is 13.1. The summed E-state index contributed by atoms with van der Waals surface area (Å²) in [5, 5.41) is 2.65. The number of hydrogen-bond acceptors (Lipinski definition) is 3. The molecule has 106 valence electrons. The molecular formula is C11H13Cl2FN2O2S. The van der Waals surface area contributed by atoms with E-state index in [2.05, 4.69) is 10.0 Å². The zero-order chi connectivity index (χ0) is 14.0. The third-order valence-corrected chi connectivity index (χ3v) is 5.29. The molecule has 1 aliphatic rings. The van der Waals surface area contributed by atoms with Gasteiger partial charge in [-0.15, -0.1) is 0 Å². The molecule has 0 amide bonds. The standard InChI is InChI=1S/C11H13Cl2FN2O2S/c12-9-4-7(14)5-10(13)11(9)19(17,18)16-8-2-1-3-15-6-8/h4-5,8,15-16H,1-3,6H2/t8-/m1/s1. The summed E-state index contributed by atoms with van der Waals surface area (Å²) in [6, 6.07) is 1.65. The van der Waals surface area contributed by atoms with Crippen LogP contribution in [0.1, 0.15) is 12.8 Å². The first-order valence-electron chi connectivity index (χ1n) is 5.78. The lowest BCUT2D eigenvalue weighted by Crippen LogP contribution is -2.45. The second-order valence-corrected chi connectivity index (χ2v) is 6.83. The SMILES string of the molecule is O=S(=O)(N[C@@H]1CCCNC1)c1c(Cl)cc(F)cc1Cl. The summed E-state index contributed by atoms with van der Waals surface area (Å²) in [5.74, 6) is -0.673. The zero-order valence-electron chi connectivity index (χ0n) is 9.92. The van der Waals surface area contributed by atoms with E-state index in [9.17, 15) is 12.8 Å². The quantitative estimate of drug-likeness (QED) is 0.894. The highest BCUT2D eigenvalue weighted by atomic mass is 35.5. The van der Waals surface area contributed by atoms with Gasteiger partial charge in [-0.2, -0.15) is 0 Å². The first-order valence-corrected chi connectivity index (χ1v) is 8.01. The van der Waals surface area contributed by atoms with E-state index < -0.39 is 15.8 Å². The number of hydrogen-bond donors (Lipinski definition) is 2. The summed E-state index contributed by atoms with van der Waals surface area (Å²) in [5.41, 5.74) is 0. The highest BCUT2D eigenvalue weighted by molar-refractivity contribution is 7.89. The Morgan fingerprint density at radius 1 is 1.32 bits per heavy atom. The Morgan fingerprint density at radius 2 is 1.95 bits per heavy atom. The molecule has 1 heterocycles. The molecule has 1 atom stereocenters. The first kappa shape index (κ1) is 15.0. The van der Waals surface area contributed by atoms with Gasteiger partial charge in [-0.05, 0) is 31.5 Å². The van der Waals surface area contributed by atoms with Crippen LogP contribution in [0.15, 0.2) is 17.0 Å². The molecule has 1 fully saturated rings. The van der Waals surface area contributed by atoms with E-state index in [0.717, 1.165) is 31.5 Å². The topological polar surface area (TPSA) is 58.2 Å². The summed E-state index contributed by atoms with van der Waals surface area (Å²) < 4.78 is 40.0. The van der Waals surface area contributed by atoms with Crippen LogP contribution in [-0.4, -0.2) is 27.5 Å². The van der Waals surface area contributed by atoms with Crippen molar-refractivity contribution in [2.75, 3.05) is 13.1 Å². The predicted octanol–water partition coefficient (Wildman–Crippen LogP) is 2.16. The number of piperidine rings is 1. The molecule has 0 aliphatic carbocycles. The molecule has 1 aromatic carbocycles. The van der Waals surface area contributed by atoms with Crippen molar-refractivity contribution in [3.05, 3.63) is 28.0 Å². The number of halogens is 3. The molecule has 4 nitrogen and oxygen atoms in total. The van der Waals surface area contributed by atoms with Crippen LogP contribution in [0.3, 0.4) is 0 Å². The number of sulfonamides is 1. The Morgan fingerprint density at radius 3 is 2.47 bits per heavy atom. The molecule has 0 aromatic heterocycles. The zero-order valence-corrected chi connectivity index (χ0v) is 12.2. The van der Waals surface area contributed by atoms with Crippen LogP contribution in [0.25, 0.3) is 0 Å². The van der Waals surface area contributed by atoms with E-state index in [-0.39, 0.29) is 21.0 Å². The molecule has 2 rings (SSSR count). The molecule has 19 heavy (non-hydrogen) atoms. The smallest absolute Gasteiger partial charge is 0.243 e. The van der Waals surface area contributed by atoms with Crippen molar-refractivity contribution in [3.8, 4) is 0 Å². The largest absolute Gasteiger partial charge is 0.315 e. The minimum atomic E-state index is -3.86. The predicted molar refractivity (Wildman–Crippen MR) is 72.6 cm³/mol. The van der Waals surface area contributed by atoms with Gasteiger partial charge in [0.05, 0.1) is 10.0 Å². The first-order chi connectivity index (χ1) is 8.90. The summed E-state index contributed by atoms with van der Waals surface area (Å²) in [7, 11) is -3.86. The van der Waals surface area contributed by atoms with Gasteiger partial charge in [0, 0.05) is 12.6 Å². The third-order valence-electron chi connectivity index (χ3n) is 2.85. The Balaban J connectivity index is 2.29. The summed E-state index contributed by atoms with van der Waals surface area (Å²) in [6.07, 6.45) is 1.63.